The van der Waals surface area contributed by atoms with Crippen molar-refractivity contribution in [2.75, 3.05) is 26.9 Å². The smallest absolute Gasteiger partial charge is 0.252 e. The number of aliphatic hydroxyl groups is 1. The van der Waals surface area contributed by atoms with Gasteiger partial charge in [-0.3, -0.25) is 4.79 Å². The van der Waals surface area contributed by atoms with E-state index in [9.17, 15) is 4.79 Å². The van der Waals surface area contributed by atoms with Gasteiger partial charge in [0.15, 0.2) is 11.6 Å². The third-order valence-corrected chi connectivity index (χ3v) is 6.75. The highest BCUT2D eigenvalue weighted by atomic mass is 79.9. The van der Waals surface area contributed by atoms with Crippen LogP contribution in [0.3, 0.4) is 0 Å². The molecule has 38 heavy (non-hydrogen) atoms. The number of nitrogens with zero attached hydrogens (tertiary/aromatic N) is 1. The number of aliphatic hydroxyl groups excluding tert-OH is 1. The summed E-state index contributed by atoms with van der Waals surface area (Å²) in [6.07, 6.45) is 1.80. The lowest BCUT2D eigenvalue weighted by molar-refractivity contribution is -0.128. The molecule has 0 saturated heterocycles. The Kier molecular flexibility index (Phi) is 9.20. The number of carbonyl (C=O) groups excluding carboxylic acids is 1. The number of rotatable bonds is 12. The number of hydrogen-bond donors (Lipinski definition) is 2. The minimum atomic E-state index is -1.28. The molecule has 0 aliphatic carbocycles. The van der Waals surface area contributed by atoms with Gasteiger partial charge in [0.1, 0.15) is 11.5 Å². The van der Waals surface area contributed by atoms with E-state index in [0.717, 1.165) is 21.2 Å². The van der Waals surface area contributed by atoms with Crippen molar-refractivity contribution in [1.82, 2.24) is 5.32 Å². The van der Waals surface area contributed by atoms with E-state index in [1.54, 1.807) is 13.2 Å². The maximum absolute atomic E-state index is 13.9. The molecule has 0 fully saturated rings. The Hall–Kier alpha value is -3.62. The monoisotopic (exact) mass is 578 g/mol. The Morgan fingerprint density at radius 3 is 2.61 bits per heavy atom. The molecule has 0 spiro atoms. The second-order valence-corrected chi connectivity index (χ2v) is 9.78. The van der Waals surface area contributed by atoms with Crippen LogP contribution in [-0.4, -0.2) is 49.3 Å². The summed E-state index contributed by atoms with van der Waals surface area (Å²) in [5.41, 5.74) is 1.16. The SMILES string of the molecule is C=CCNC(=O)[C@]1(Cc2ccc(Br)cc2)N=C(c2ccc(OCCCO)cc2)O[C@@H]1c1cccc(OC)c1. The zero-order chi connectivity index (χ0) is 27.0. The number of amides is 1. The average Bonchev–Trinajstić information content (AvgIpc) is 3.34. The Balaban J connectivity index is 1.78. The van der Waals surface area contributed by atoms with Crippen LogP contribution in [0.1, 0.15) is 29.2 Å². The number of methoxy groups -OCH3 is 1. The van der Waals surface area contributed by atoms with Crippen molar-refractivity contribution in [2.45, 2.75) is 24.5 Å². The van der Waals surface area contributed by atoms with Gasteiger partial charge in [0.05, 0.1) is 13.7 Å². The van der Waals surface area contributed by atoms with E-state index in [4.69, 9.17) is 24.3 Å². The molecule has 0 unspecified atom stereocenters. The molecule has 2 N–H and O–H groups in total. The molecule has 8 heteroatoms. The second kappa shape index (κ2) is 12.8. The van der Waals surface area contributed by atoms with Gasteiger partial charge in [-0.1, -0.05) is 46.3 Å². The third kappa shape index (κ3) is 6.26. The van der Waals surface area contributed by atoms with Gasteiger partial charge in [0.2, 0.25) is 5.90 Å². The van der Waals surface area contributed by atoms with E-state index in [2.05, 4.69) is 27.8 Å². The highest BCUT2D eigenvalue weighted by molar-refractivity contribution is 9.10. The summed E-state index contributed by atoms with van der Waals surface area (Å²) in [5.74, 6) is 1.45. The van der Waals surface area contributed by atoms with Crippen molar-refractivity contribution in [1.29, 1.82) is 0 Å². The first-order chi connectivity index (χ1) is 18.5. The zero-order valence-electron chi connectivity index (χ0n) is 21.2. The topological polar surface area (TPSA) is 89.4 Å². The number of carbonyl (C=O) groups is 1. The fourth-order valence-corrected chi connectivity index (χ4v) is 4.58. The van der Waals surface area contributed by atoms with E-state index >= 15 is 0 Å². The third-order valence-electron chi connectivity index (χ3n) is 6.22. The number of aliphatic imine (C=N–C) groups is 1. The van der Waals surface area contributed by atoms with Gasteiger partial charge in [-0.15, -0.1) is 6.58 Å². The van der Waals surface area contributed by atoms with E-state index in [1.165, 1.54) is 0 Å². The highest BCUT2D eigenvalue weighted by Crippen LogP contribution is 2.43. The maximum atomic E-state index is 13.9. The van der Waals surface area contributed by atoms with Crippen LogP contribution in [0.15, 0.2) is 94.9 Å². The summed E-state index contributed by atoms with van der Waals surface area (Å²) >= 11 is 3.49. The lowest BCUT2D eigenvalue weighted by Crippen LogP contribution is -2.50. The van der Waals surface area contributed by atoms with Gasteiger partial charge >= 0.3 is 0 Å². The zero-order valence-corrected chi connectivity index (χ0v) is 22.8. The number of ether oxygens (including phenoxy) is 3. The van der Waals surface area contributed by atoms with Crippen molar-refractivity contribution in [3.8, 4) is 11.5 Å². The summed E-state index contributed by atoms with van der Waals surface area (Å²) < 4.78 is 18.6. The van der Waals surface area contributed by atoms with Crippen LogP contribution in [0, 0.1) is 0 Å². The van der Waals surface area contributed by atoms with E-state index < -0.39 is 11.6 Å². The van der Waals surface area contributed by atoms with Gasteiger partial charge in [-0.2, -0.15) is 0 Å². The van der Waals surface area contributed by atoms with Gasteiger partial charge in [0, 0.05) is 36.0 Å². The lowest BCUT2D eigenvalue weighted by Gasteiger charge is -2.31. The summed E-state index contributed by atoms with van der Waals surface area (Å²) in [4.78, 5) is 18.9. The van der Waals surface area contributed by atoms with Crippen LogP contribution in [0.4, 0.5) is 0 Å². The van der Waals surface area contributed by atoms with Crippen molar-refractivity contribution >= 4 is 27.7 Å². The van der Waals surface area contributed by atoms with Crippen molar-refractivity contribution in [2.24, 2.45) is 4.99 Å². The Morgan fingerprint density at radius 2 is 1.92 bits per heavy atom. The highest BCUT2D eigenvalue weighted by Gasteiger charge is 2.53. The number of benzene rings is 3. The second-order valence-electron chi connectivity index (χ2n) is 8.87. The first kappa shape index (κ1) is 27.4. The molecular formula is C30H31BrN2O5. The van der Waals surface area contributed by atoms with E-state index in [1.807, 2.05) is 72.8 Å². The van der Waals surface area contributed by atoms with E-state index in [-0.39, 0.29) is 12.5 Å². The normalized spacial score (nSPS) is 18.3. The molecule has 198 valence electrons. The molecule has 4 rings (SSSR count). The van der Waals surface area contributed by atoms with Crippen molar-refractivity contribution < 1.29 is 24.1 Å². The maximum Gasteiger partial charge on any atom is 0.252 e. The minimum absolute atomic E-state index is 0.0722. The molecule has 0 aromatic heterocycles. The van der Waals surface area contributed by atoms with E-state index in [0.29, 0.717) is 43.4 Å². The van der Waals surface area contributed by atoms with Gasteiger partial charge in [-0.05, 0) is 59.7 Å². The summed E-state index contributed by atoms with van der Waals surface area (Å²) in [7, 11) is 1.60. The predicted octanol–water partition coefficient (Wildman–Crippen LogP) is 5.02. The number of halogens is 1. The molecule has 3 aromatic rings. The largest absolute Gasteiger partial charge is 0.497 e. The lowest BCUT2D eigenvalue weighted by atomic mass is 9.82. The van der Waals surface area contributed by atoms with Crippen LogP contribution < -0.4 is 14.8 Å². The molecule has 1 amide bonds. The molecule has 1 aliphatic rings. The fourth-order valence-electron chi connectivity index (χ4n) is 4.32. The molecule has 1 aliphatic heterocycles. The minimum Gasteiger partial charge on any atom is -0.497 e. The fraction of sp³-hybridized carbons (Fsp3) is 0.267. The Bertz CT molecular complexity index is 1280. The number of nitrogens with one attached hydrogen (secondary N) is 1. The standard InChI is InChI=1S/C30H31BrN2O5/c1-3-16-32-29(35)30(20-21-8-12-24(31)13-9-21)27(23-6-4-7-26(19-23)36-2)38-28(33-30)22-10-14-25(15-11-22)37-18-5-17-34/h3-4,6-15,19,27,34H,1,5,16-18,20H2,2H3,(H,32,35)/t27-,30-/m1/s1. The van der Waals surface area contributed by atoms with Crippen molar-refractivity contribution in [3.05, 3.63) is 107 Å². The van der Waals surface area contributed by atoms with Crippen LogP contribution in [0.2, 0.25) is 0 Å². The quantitative estimate of drug-likeness (QED) is 0.233. The molecule has 3 aromatic carbocycles. The molecule has 2 atom stereocenters. The van der Waals surface area contributed by atoms with Crippen LogP contribution >= 0.6 is 15.9 Å². The van der Waals surface area contributed by atoms with Gasteiger partial charge in [-0.25, -0.2) is 4.99 Å². The summed E-state index contributed by atoms with van der Waals surface area (Å²) in [5, 5.41) is 12.0. The molecule has 0 radical (unpaired) electrons. The molecular weight excluding hydrogens is 548 g/mol. The predicted molar refractivity (Wildman–Crippen MR) is 151 cm³/mol. The summed E-state index contributed by atoms with van der Waals surface area (Å²) in [6, 6.07) is 22.7. The molecule has 1 heterocycles. The average molecular weight is 579 g/mol. The first-order valence-corrected chi connectivity index (χ1v) is 13.2. The summed E-state index contributed by atoms with van der Waals surface area (Å²) in [6.45, 7) is 4.54. The van der Waals surface area contributed by atoms with Gasteiger partial charge in [0.25, 0.3) is 5.91 Å². The Labute approximate surface area is 231 Å². The first-order valence-electron chi connectivity index (χ1n) is 12.4. The van der Waals surface area contributed by atoms with Crippen LogP contribution in [-0.2, 0) is 16.0 Å². The molecule has 0 saturated carbocycles. The van der Waals surface area contributed by atoms with Crippen LogP contribution in [0.25, 0.3) is 0 Å². The molecule has 0 bridgehead atoms. The number of hydrogen-bond acceptors (Lipinski definition) is 6. The van der Waals surface area contributed by atoms with Crippen LogP contribution in [0.5, 0.6) is 11.5 Å². The van der Waals surface area contributed by atoms with Crippen molar-refractivity contribution in [3.63, 3.8) is 0 Å². The Morgan fingerprint density at radius 1 is 1.16 bits per heavy atom. The van der Waals surface area contributed by atoms with Gasteiger partial charge < -0.3 is 24.6 Å². The molecule has 7 nitrogen and oxygen atoms in total.